The Morgan fingerprint density at radius 3 is 2.62 bits per heavy atom. The van der Waals surface area contributed by atoms with Crippen LogP contribution in [0.4, 0.5) is 0 Å². The molecule has 0 spiro atoms. The van der Waals surface area contributed by atoms with Gasteiger partial charge in [0.05, 0.1) is 24.4 Å². The number of benzene rings is 1. The zero-order chi connectivity index (χ0) is 14.8. The average Bonchev–Trinajstić information content (AvgIpc) is 2.84. The van der Waals surface area contributed by atoms with Gasteiger partial charge in [-0.1, -0.05) is 12.1 Å². The summed E-state index contributed by atoms with van der Waals surface area (Å²) in [5, 5.41) is 0. The van der Waals surface area contributed by atoms with Gasteiger partial charge in [-0.2, -0.15) is 0 Å². The molecule has 0 unspecified atom stereocenters. The number of halogens is 1. The minimum atomic E-state index is 0.454. The summed E-state index contributed by atoms with van der Waals surface area (Å²) < 4.78 is 7.25. The van der Waals surface area contributed by atoms with Crippen molar-refractivity contribution >= 4 is 17.2 Å². The number of nitrogens with zero attached hydrogens (tertiary/aromatic N) is 2. The summed E-state index contributed by atoms with van der Waals surface area (Å²) in [5.41, 5.74) is 5.43. The van der Waals surface area contributed by atoms with Crippen LogP contribution in [0.3, 0.4) is 0 Å². The van der Waals surface area contributed by atoms with E-state index in [0.717, 1.165) is 29.2 Å². The first-order chi connectivity index (χ1) is 10.2. The van der Waals surface area contributed by atoms with Crippen molar-refractivity contribution in [3.8, 4) is 5.75 Å². The van der Waals surface area contributed by atoms with Crippen LogP contribution >= 0.6 is 11.6 Å². The van der Waals surface area contributed by atoms with Crippen molar-refractivity contribution in [3.63, 3.8) is 0 Å². The normalized spacial score (nSPS) is 11.0. The van der Waals surface area contributed by atoms with Gasteiger partial charge >= 0.3 is 0 Å². The summed E-state index contributed by atoms with van der Waals surface area (Å²) in [7, 11) is 1.67. The van der Waals surface area contributed by atoms with Gasteiger partial charge in [-0.25, -0.2) is 4.98 Å². The molecule has 1 aromatic carbocycles. The molecule has 108 valence electrons. The van der Waals surface area contributed by atoms with Crippen LogP contribution in [0.2, 0.25) is 0 Å². The first-order valence-corrected chi connectivity index (χ1v) is 7.40. The molecule has 4 heteroatoms. The summed E-state index contributed by atoms with van der Waals surface area (Å²) in [5.74, 6) is 1.32. The maximum absolute atomic E-state index is 6.13. The number of rotatable bonds is 4. The predicted octanol–water partition coefficient (Wildman–Crippen LogP) is 3.98. The van der Waals surface area contributed by atoms with Gasteiger partial charge in [-0.05, 0) is 42.3 Å². The van der Waals surface area contributed by atoms with Crippen LogP contribution in [-0.4, -0.2) is 16.5 Å². The summed E-state index contributed by atoms with van der Waals surface area (Å²) in [6, 6.07) is 12.2. The highest BCUT2D eigenvalue weighted by atomic mass is 35.5. The first kappa shape index (κ1) is 14.0. The lowest BCUT2D eigenvalue weighted by Gasteiger charge is -2.04. The molecule has 0 N–H and O–H groups in total. The van der Waals surface area contributed by atoms with Crippen LogP contribution in [0.15, 0.2) is 42.6 Å². The van der Waals surface area contributed by atoms with Gasteiger partial charge in [-0.15, -0.1) is 11.6 Å². The molecule has 0 fully saturated rings. The number of hydrogen-bond acceptors (Lipinski definition) is 2. The topological polar surface area (TPSA) is 26.5 Å². The molecule has 21 heavy (non-hydrogen) atoms. The Hall–Kier alpha value is -2.00. The van der Waals surface area contributed by atoms with E-state index in [4.69, 9.17) is 21.3 Å². The second kappa shape index (κ2) is 5.78. The van der Waals surface area contributed by atoms with Gasteiger partial charge in [-0.3, -0.25) is 0 Å². The Labute approximate surface area is 129 Å². The van der Waals surface area contributed by atoms with Crippen molar-refractivity contribution in [1.29, 1.82) is 0 Å². The van der Waals surface area contributed by atoms with Crippen LogP contribution in [-0.2, 0) is 12.3 Å². The molecule has 2 aromatic heterocycles. The van der Waals surface area contributed by atoms with Crippen LogP contribution in [0.5, 0.6) is 5.75 Å². The Balaban J connectivity index is 1.98. The summed E-state index contributed by atoms with van der Waals surface area (Å²) >= 11 is 6.13. The van der Waals surface area contributed by atoms with Crippen molar-refractivity contribution in [3.05, 3.63) is 65.1 Å². The van der Waals surface area contributed by atoms with E-state index in [2.05, 4.69) is 35.6 Å². The molecule has 2 heterocycles. The Bertz CT molecular complexity index is 762. The number of alkyl halides is 1. The van der Waals surface area contributed by atoms with Gasteiger partial charge in [0.1, 0.15) is 11.4 Å². The molecule has 0 aliphatic heterocycles. The summed E-state index contributed by atoms with van der Waals surface area (Å²) in [6.45, 7) is 2.07. The molecule has 3 rings (SSSR count). The van der Waals surface area contributed by atoms with Gasteiger partial charge in [0.15, 0.2) is 0 Å². The van der Waals surface area contributed by atoms with Gasteiger partial charge in [0, 0.05) is 12.6 Å². The van der Waals surface area contributed by atoms with Crippen molar-refractivity contribution in [2.75, 3.05) is 7.11 Å². The molecule has 0 saturated heterocycles. The minimum Gasteiger partial charge on any atom is -0.497 e. The quantitative estimate of drug-likeness (QED) is 0.681. The fourth-order valence-corrected chi connectivity index (χ4v) is 2.75. The lowest BCUT2D eigenvalue weighted by molar-refractivity contribution is 0.414. The van der Waals surface area contributed by atoms with E-state index in [1.807, 2.05) is 18.3 Å². The van der Waals surface area contributed by atoms with Gasteiger partial charge < -0.3 is 9.14 Å². The molecule has 0 radical (unpaired) electrons. The third-order valence-corrected chi connectivity index (χ3v) is 3.87. The van der Waals surface area contributed by atoms with Gasteiger partial charge in [0.2, 0.25) is 0 Å². The smallest absolute Gasteiger partial charge is 0.137 e. The van der Waals surface area contributed by atoms with E-state index in [1.54, 1.807) is 7.11 Å². The van der Waals surface area contributed by atoms with E-state index in [1.165, 1.54) is 11.1 Å². The lowest BCUT2D eigenvalue weighted by atomic mass is 10.1. The van der Waals surface area contributed by atoms with E-state index in [0.29, 0.717) is 5.88 Å². The number of ether oxygens (including phenoxy) is 1. The summed E-state index contributed by atoms with van der Waals surface area (Å²) in [6.07, 6.45) is 2.81. The van der Waals surface area contributed by atoms with Crippen LogP contribution in [0.25, 0.3) is 5.65 Å². The third-order valence-electron chi connectivity index (χ3n) is 3.62. The second-order valence-corrected chi connectivity index (χ2v) is 5.36. The second-order valence-electron chi connectivity index (χ2n) is 5.10. The Kier molecular flexibility index (Phi) is 3.84. The lowest BCUT2D eigenvalue weighted by Crippen LogP contribution is -1.95. The van der Waals surface area contributed by atoms with Gasteiger partial charge in [0.25, 0.3) is 0 Å². The maximum atomic E-state index is 6.13. The molecule has 0 aliphatic carbocycles. The fourth-order valence-electron chi connectivity index (χ4n) is 2.47. The number of aromatic nitrogens is 2. The minimum absolute atomic E-state index is 0.454. The first-order valence-electron chi connectivity index (χ1n) is 6.86. The van der Waals surface area contributed by atoms with Crippen molar-refractivity contribution in [2.45, 2.75) is 19.2 Å². The van der Waals surface area contributed by atoms with E-state index in [9.17, 15) is 0 Å². The molecule has 3 nitrogen and oxygen atoms in total. The van der Waals surface area contributed by atoms with Crippen LogP contribution < -0.4 is 4.74 Å². The average molecular weight is 301 g/mol. The SMILES string of the molecule is COc1ccc(Cc2nc3cc(C)ccn3c2CCl)cc1. The van der Waals surface area contributed by atoms with E-state index < -0.39 is 0 Å². The zero-order valence-corrected chi connectivity index (χ0v) is 12.9. The fraction of sp³-hybridized carbons (Fsp3) is 0.235. The highest BCUT2D eigenvalue weighted by Gasteiger charge is 2.12. The van der Waals surface area contributed by atoms with Crippen molar-refractivity contribution in [2.24, 2.45) is 0 Å². The third kappa shape index (κ3) is 2.74. The zero-order valence-electron chi connectivity index (χ0n) is 12.1. The number of methoxy groups -OCH3 is 1. The number of hydrogen-bond donors (Lipinski definition) is 0. The van der Waals surface area contributed by atoms with Crippen molar-refractivity contribution < 1.29 is 4.74 Å². The molecule has 0 saturated carbocycles. The molecular weight excluding hydrogens is 284 g/mol. The molecule has 3 aromatic rings. The number of pyridine rings is 1. The van der Waals surface area contributed by atoms with Crippen LogP contribution in [0, 0.1) is 6.92 Å². The largest absolute Gasteiger partial charge is 0.497 e. The molecule has 0 amide bonds. The molecule has 0 aliphatic rings. The molecule has 0 bridgehead atoms. The number of aryl methyl sites for hydroxylation is 1. The maximum Gasteiger partial charge on any atom is 0.137 e. The number of imidazole rings is 1. The predicted molar refractivity (Wildman–Crippen MR) is 85.3 cm³/mol. The molecular formula is C17H17ClN2O. The van der Waals surface area contributed by atoms with E-state index >= 15 is 0 Å². The van der Waals surface area contributed by atoms with Crippen molar-refractivity contribution in [1.82, 2.24) is 9.38 Å². The number of fused-ring (bicyclic) bond motifs is 1. The highest BCUT2D eigenvalue weighted by molar-refractivity contribution is 6.17. The Morgan fingerprint density at radius 2 is 1.95 bits per heavy atom. The van der Waals surface area contributed by atoms with Crippen LogP contribution in [0.1, 0.15) is 22.5 Å². The Morgan fingerprint density at radius 1 is 1.19 bits per heavy atom. The molecule has 0 atom stereocenters. The van der Waals surface area contributed by atoms with E-state index in [-0.39, 0.29) is 0 Å². The monoisotopic (exact) mass is 300 g/mol. The summed E-state index contributed by atoms with van der Waals surface area (Å²) in [4.78, 5) is 4.73. The standard InChI is InChI=1S/C17H17ClN2O/c1-12-7-8-20-16(11-18)15(19-17(20)9-12)10-13-3-5-14(21-2)6-4-13/h3-9H,10-11H2,1-2H3. The highest BCUT2D eigenvalue weighted by Crippen LogP contribution is 2.20.